The van der Waals surface area contributed by atoms with Crippen LogP contribution in [0.4, 0.5) is 0 Å². The minimum absolute atomic E-state index is 0. The van der Waals surface area contributed by atoms with E-state index in [1.165, 1.54) is 0 Å². The van der Waals surface area contributed by atoms with Crippen molar-refractivity contribution in [3.8, 4) is 6.26 Å². The zero-order valence-corrected chi connectivity index (χ0v) is 5.15. The van der Waals surface area contributed by atoms with Gasteiger partial charge < -0.3 is 0 Å². The molecule has 0 bridgehead atoms. The molecule has 0 aromatic carbocycles. The Morgan fingerprint density at radius 1 is 1.62 bits per heavy atom. The largest absolute Gasteiger partial charge is 0.456 e. The quantitative estimate of drug-likeness (QED) is 0.328. The number of rotatable bonds is 1. The first kappa shape index (κ1) is 10.6. The second kappa shape index (κ2) is 3.67. The van der Waals surface area contributed by atoms with Crippen molar-refractivity contribution in [2.24, 2.45) is 0 Å². The molecule has 0 saturated heterocycles. The molecule has 0 fully saturated rings. The summed E-state index contributed by atoms with van der Waals surface area (Å²) in [6, 6.07) is 0. The fourth-order valence-electron chi connectivity index (χ4n) is 0.0471. The molecule has 0 spiro atoms. The van der Waals surface area contributed by atoms with Crippen LogP contribution in [-0.4, -0.2) is 13.0 Å². The minimum Gasteiger partial charge on any atom is -0.281 e. The fraction of sp³-hybridized carbons (Fsp3) is 0. The standard InChI is InChI=1S/CHNO4S.Ni/c2-1-6-7(3,4)5;/h(H,3,4,5);. The normalized spacial score (nSPS) is 8.50. The van der Waals surface area contributed by atoms with Gasteiger partial charge in [0.2, 0.25) is 0 Å². The van der Waals surface area contributed by atoms with Gasteiger partial charge in [-0.05, 0) is 0 Å². The molecule has 0 rings (SSSR count). The van der Waals surface area contributed by atoms with Crippen molar-refractivity contribution in [1.29, 1.82) is 5.26 Å². The molecule has 0 aliphatic heterocycles. The minimum atomic E-state index is -4.54. The van der Waals surface area contributed by atoms with Gasteiger partial charge in [0.1, 0.15) is 0 Å². The van der Waals surface area contributed by atoms with Crippen molar-refractivity contribution in [2.45, 2.75) is 0 Å². The molecule has 7 heteroatoms. The second-order valence-electron chi connectivity index (χ2n) is 0.602. The Bertz CT molecular complexity index is 177. The molecule has 0 amide bonds. The van der Waals surface area contributed by atoms with E-state index in [2.05, 4.69) is 4.18 Å². The van der Waals surface area contributed by atoms with Crippen LogP contribution in [0.25, 0.3) is 0 Å². The Labute approximate surface area is 56.1 Å². The van der Waals surface area contributed by atoms with Crippen molar-refractivity contribution >= 4 is 10.4 Å². The maximum atomic E-state index is 9.34. The molecule has 0 atom stereocenters. The van der Waals surface area contributed by atoms with E-state index in [1.54, 1.807) is 0 Å². The first-order chi connectivity index (χ1) is 3.06. The summed E-state index contributed by atoms with van der Waals surface area (Å²) >= 11 is 0. The number of nitrogens with zero attached hydrogens (tertiary/aromatic N) is 1. The van der Waals surface area contributed by atoms with Crippen LogP contribution in [0.2, 0.25) is 0 Å². The Morgan fingerprint density at radius 3 is 2.00 bits per heavy atom. The first-order valence-corrected chi connectivity index (χ1v) is 2.48. The predicted molar refractivity (Wildman–Crippen MR) is 18.2 cm³/mol. The van der Waals surface area contributed by atoms with Crippen LogP contribution in [0.5, 0.6) is 0 Å². The second-order valence-corrected chi connectivity index (χ2v) is 1.62. The molecule has 0 saturated carbocycles. The van der Waals surface area contributed by atoms with Crippen molar-refractivity contribution in [2.75, 3.05) is 0 Å². The maximum absolute atomic E-state index is 9.34. The van der Waals surface area contributed by atoms with Gasteiger partial charge in [-0.1, -0.05) is 0 Å². The monoisotopic (exact) mass is 181 g/mol. The smallest absolute Gasteiger partial charge is 0.281 e. The average molecular weight is 182 g/mol. The SMILES string of the molecule is N#COS(=O)(=O)O.[Ni]. The number of hydrogen-bond donors (Lipinski definition) is 1. The first-order valence-electron chi connectivity index (χ1n) is 1.11. The molecule has 0 aromatic heterocycles. The molecule has 0 unspecified atom stereocenters. The van der Waals surface area contributed by atoms with Gasteiger partial charge >= 0.3 is 16.7 Å². The summed E-state index contributed by atoms with van der Waals surface area (Å²) in [5, 5.41) is 7.39. The zero-order chi connectivity index (χ0) is 5.91. The van der Waals surface area contributed by atoms with Crippen LogP contribution >= 0.6 is 0 Å². The van der Waals surface area contributed by atoms with Crippen molar-refractivity contribution < 1.29 is 33.6 Å². The number of nitriles is 1. The van der Waals surface area contributed by atoms with Crippen molar-refractivity contribution in [3.05, 3.63) is 0 Å². The third kappa shape index (κ3) is 9.19. The third-order valence-corrected chi connectivity index (χ3v) is 0.428. The summed E-state index contributed by atoms with van der Waals surface area (Å²) in [5.74, 6) is 0. The molecule has 8 heavy (non-hydrogen) atoms. The molecule has 0 aliphatic rings. The van der Waals surface area contributed by atoms with Gasteiger partial charge in [0, 0.05) is 16.5 Å². The van der Waals surface area contributed by atoms with Crippen LogP contribution < -0.4 is 0 Å². The van der Waals surface area contributed by atoms with Crippen LogP contribution in [0.3, 0.4) is 0 Å². The Kier molecular flexibility index (Phi) is 4.87. The summed E-state index contributed by atoms with van der Waals surface area (Å²) < 4.78 is 29.3. The van der Waals surface area contributed by atoms with E-state index in [0.717, 1.165) is 6.26 Å². The zero-order valence-electron chi connectivity index (χ0n) is 3.34. The van der Waals surface area contributed by atoms with Crippen LogP contribution in [0, 0.1) is 11.5 Å². The molecular formula is CHNNiO4S. The maximum Gasteiger partial charge on any atom is 0.456 e. The van der Waals surface area contributed by atoms with Gasteiger partial charge in [-0.15, -0.1) is 5.26 Å². The van der Waals surface area contributed by atoms with Gasteiger partial charge in [-0.2, -0.15) is 8.42 Å². The Hall–Kier alpha value is -0.306. The topological polar surface area (TPSA) is 87.4 Å². The van der Waals surface area contributed by atoms with Crippen LogP contribution in [0.15, 0.2) is 0 Å². The Balaban J connectivity index is 0. The van der Waals surface area contributed by atoms with E-state index in [9.17, 15) is 8.42 Å². The van der Waals surface area contributed by atoms with E-state index >= 15 is 0 Å². The summed E-state index contributed by atoms with van der Waals surface area (Å²) in [4.78, 5) is 0. The summed E-state index contributed by atoms with van der Waals surface area (Å²) in [7, 11) is -4.54. The van der Waals surface area contributed by atoms with Gasteiger partial charge in [-0.25, -0.2) is 0 Å². The molecule has 0 aliphatic carbocycles. The predicted octanol–water partition coefficient (Wildman–Crippen LogP) is -0.716. The summed E-state index contributed by atoms with van der Waals surface area (Å²) in [6.45, 7) is 0. The molecule has 5 nitrogen and oxygen atoms in total. The van der Waals surface area contributed by atoms with E-state index in [0.29, 0.717) is 0 Å². The van der Waals surface area contributed by atoms with Crippen LogP contribution in [-0.2, 0) is 31.1 Å². The molecule has 0 heterocycles. The Morgan fingerprint density at radius 2 is 2.00 bits per heavy atom. The molecule has 0 aromatic rings. The van der Waals surface area contributed by atoms with Crippen LogP contribution in [0.1, 0.15) is 0 Å². The van der Waals surface area contributed by atoms with Gasteiger partial charge in [-0.3, -0.25) is 8.74 Å². The molecule has 50 valence electrons. The average Bonchev–Trinajstić information content (AvgIpc) is 1.30. The summed E-state index contributed by atoms with van der Waals surface area (Å²) in [6.07, 6.45) is 0.770. The van der Waals surface area contributed by atoms with Gasteiger partial charge in [0.05, 0.1) is 0 Å². The van der Waals surface area contributed by atoms with Crippen molar-refractivity contribution in [1.82, 2.24) is 0 Å². The van der Waals surface area contributed by atoms with E-state index < -0.39 is 10.4 Å². The fourth-order valence-corrected chi connectivity index (χ4v) is 0.141. The van der Waals surface area contributed by atoms with E-state index in [1.807, 2.05) is 0 Å². The number of hydrogen-bond acceptors (Lipinski definition) is 4. The van der Waals surface area contributed by atoms with E-state index in [4.69, 9.17) is 9.81 Å². The van der Waals surface area contributed by atoms with Gasteiger partial charge in [0.25, 0.3) is 0 Å². The van der Waals surface area contributed by atoms with E-state index in [-0.39, 0.29) is 16.5 Å². The molecular weight excluding hydrogens is 181 g/mol. The molecule has 0 radical (unpaired) electrons. The summed E-state index contributed by atoms with van der Waals surface area (Å²) in [5.41, 5.74) is 0. The van der Waals surface area contributed by atoms with Gasteiger partial charge in [0.15, 0.2) is 0 Å². The van der Waals surface area contributed by atoms with Crippen molar-refractivity contribution in [3.63, 3.8) is 0 Å². The third-order valence-electron chi connectivity index (χ3n) is 0.143. The molecule has 1 N–H and O–H groups in total.